The summed E-state index contributed by atoms with van der Waals surface area (Å²) >= 11 is 0. The summed E-state index contributed by atoms with van der Waals surface area (Å²) in [6.45, 7) is 0. The fourth-order valence-electron chi connectivity index (χ4n) is 1.99. The molecule has 1 fully saturated rings. The van der Waals surface area contributed by atoms with Gasteiger partial charge in [0.15, 0.2) is 0 Å². The average molecular weight is 166 g/mol. The lowest BCUT2D eigenvalue weighted by Gasteiger charge is -2.32. The predicted octanol–water partition coefficient (Wildman–Crippen LogP) is 1.52. The van der Waals surface area contributed by atoms with E-state index in [1.807, 2.05) is 0 Å². The summed E-state index contributed by atoms with van der Waals surface area (Å²) in [5.41, 5.74) is 6.86. The maximum atomic E-state index is 5.78. The molecular formula is C10H18N2. The Morgan fingerprint density at radius 1 is 1.25 bits per heavy atom. The number of nitrogens with two attached hydrogens (primary N) is 1. The molecule has 0 amide bonds. The molecule has 0 saturated heterocycles. The number of rotatable bonds is 2. The highest BCUT2D eigenvalue weighted by molar-refractivity contribution is 5.04. The molecule has 0 aromatic heterocycles. The lowest BCUT2D eigenvalue weighted by molar-refractivity contribution is 0.291. The van der Waals surface area contributed by atoms with Gasteiger partial charge in [-0.1, -0.05) is 12.5 Å². The molecule has 0 aliphatic heterocycles. The fourth-order valence-corrected chi connectivity index (χ4v) is 1.99. The van der Waals surface area contributed by atoms with E-state index in [-0.39, 0.29) is 0 Å². The van der Waals surface area contributed by atoms with Crippen molar-refractivity contribution in [3.8, 4) is 0 Å². The van der Waals surface area contributed by atoms with Crippen LogP contribution >= 0.6 is 0 Å². The van der Waals surface area contributed by atoms with Gasteiger partial charge in [-0.3, -0.25) is 0 Å². The van der Waals surface area contributed by atoms with Crippen molar-refractivity contribution in [2.75, 3.05) is 0 Å². The molecule has 0 bridgehead atoms. The standard InChI is InChI=1S/C10H18N2/c11-8-3-1-6-10(7-8)12-9-4-2-5-9/h3,9-10,12H,1-2,4-7,11H2. The maximum Gasteiger partial charge on any atom is 0.0127 e. The van der Waals surface area contributed by atoms with Gasteiger partial charge in [-0.15, -0.1) is 0 Å². The van der Waals surface area contributed by atoms with Gasteiger partial charge in [-0.2, -0.15) is 0 Å². The zero-order chi connectivity index (χ0) is 8.39. The minimum atomic E-state index is 0.667. The SMILES string of the molecule is NC1=CCCC(NC2CCC2)C1. The van der Waals surface area contributed by atoms with Gasteiger partial charge in [0.05, 0.1) is 0 Å². The molecular weight excluding hydrogens is 148 g/mol. The third-order valence-corrected chi connectivity index (χ3v) is 2.98. The largest absolute Gasteiger partial charge is 0.402 e. The second kappa shape index (κ2) is 3.48. The highest BCUT2D eigenvalue weighted by Crippen LogP contribution is 2.22. The molecule has 1 saturated carbocycles. The number of nitrogens with one attached hydrogen (secondary N) is 1. The van der Waals surface area contributed by atoms with Crippen LogP contribution in [-0.2, 0) is 0 Å². The van der Waals surface area contributed by atoms with Gasteiger partial charge in [-0.25, -0.2) is 0 Å². The summed E-state index contributed by atoms with van der Waals surface area (Å²) in [5.74, 6) is 0. The van der Waals surface area contributed by atoms with E-state index in [9.17, 15) is 0 Å². The van der Waals surface area contributed by atoms with E-state index < -0.39 is 0 Å². The number of allylic oxidation sites excluding steroid dienone is 1. The average Bonchev–Trinajstić information content (AvgIpc) is 1.97. The van der Waals surface area contributed by atoms with Crippen molar-refractivity contribution in [2.24, 2.45) is 5.73 Å². The predicted molar refractivity (Wildman–Crippen MR) is 50.7 cm³/mol. The second-order valence-corrected chi connectivity index (χ2v) is 4.05. The van der Waals surface area contributed by atoms with Crippen molar-refractivity contribution in [1.82, 2.24) is 5.32 Å². The van der Waals surface area contributed by atoms with Crippen LogP contribution in [-0.4, -0.2) is 12.1 Å². The normalized spacial score (nSPS) is 31.0. The van der Waals surface area contributed by atoms with Crippen LogP contribution in [0.15, 0.2) is 11.8 Å². The summed E-state index contributed by atoms with van der Waals surface area (Å²) < 4.78 is 0. The van der Waals surface area contributed by atoms with Crippen molar-refractivity contribution in [2.45, 2.75) is 50.6 Å². The van der Waals surface area contributed by atoms with Crippen molar-refractivity contribution in [1.29, 1.82) is 0 Å². The van der Waals surface area contributed by atoms with Gasteiger partial charge in [0, 0.05) is 24.2 Å². The molecule has 0 heterocycles. The minimum absolute atomic E-state index is 0.667. The molecule has 2 nitrogen and oxygen atoms in total. The molecule has 2 aliphatic rings. The van der Waals surface area contributed by atoms with Crippen LogP contribution in [0.25, 0.3) is 0 Å². The Hall–Kier alpha value is -0.500. The maximum absolute atomic E-state index is 5.78. The Kier molecular flexibility index (Phi) is 2.35. The highest BCUT2D eigenvalue weighted by atomic mass is 15.0. The van der Waals surface area contributed by atoms with Crippen LogP contribution in [0.2, 0.25) is 0 Å². The van der Waals surface area contributed by atoms with Crippen LogP contribution in [0, 0.1) is 0 Å². The highest BCUT2D eigenvalue weighted by Gasteiger charge is 2.22. The van der Waals surface area contributed by atoms with Gasteiger partial charge >= 0.3 is 0 Å². The van der Waals surface area contributed by atoms with Crippen molar-refractivity contribution in [3.05, 3.63) is 11.8 Å². The summed E-state index contributed by atoms with van der Waals surface area (Å²) in [5, 5.41) is 3.66. The van der Waals surface area contributed by atoms with Gasteiger partial charge in [0.2, 0.25) is 0 Å². The Morgan fingerprint density at radius 3 is 2.67 bits per heavy atom. The van der Waals surface area contributed by atoms with Crippen molar-refractivity contribution in [3.63, 3.8) is 0 Å². The van der Waals surface area contributed by atoms with Crippen LogP contribution in [0.5, 0.6) is 0 Å². The van der Waals surface area contributed by atoms with Gasteiger partial charge in [0.25, 0.3) is 0 Å². The van der Waals surface area contributed by atoms with Crippen molar-refractivity contribution >= 4 is 0 Å². The quantitative estimate of drug-likeness (QED) is 0.652. The zero-order valence-corrected chi connectivity index (χ0v) is 7.55. The first-order chi connectivity index (χ1) is 5.84. The Balaban J connectivity index is 1.77. The van der Waals surface area contributed by atoms with Crippen LogP contribution in [0.1, 0.15) is 38.5 Å². The Bertz CT molecular complexity index is 182. The zero-order valence-electron chi connectivity index (χ0n) is 7.55. The molecule has 12 heavy (non-hydrogen) atoms. The number of hydrogen-bond acceptors (Lipinski definition) is 2. The van der Waals surface area contributed by atoms with Crippen LogP contribution in [0.3, 0.4) is 0 Å². The Morgan fingerprint density at radius 2 is 2.08 bits per heavy atom. The van der Waals surface area contributed by atoms with E-state index in [2.05, 4.69) is 11.4 Å². The monoisotopic (exact) mass is 166 g/mol. The van der Waals surface area contributed by atoms with E-state index in [1.54, 1.807) is 0 Å². The van der Waals surface area contributed by atoms with E-state index in [0.717, 1.165) is 24.6 Å². The molecule has 0 aromatic carbocycles. The van der Waals surface area contributed by atoms with Crippen LogP contribution in [0.4, 0.5) is 0 Å². The summed E-state index contributed by atoms with van der Waals surface area (Å²) in [6.07, 6.45) is 9.83. The minimum Gasteiger partial charge on any atom is -0.402 e. The molecule has 68 valence electrons. The van der Waals surface area contributed by atoms with E-state index in [0.29, 0.717) is 6.04 Å². The van der Waals surface area contributed by atoms with E-state index in [4.69, 9.17) is 5.73 Å². The van der Waals surface area contributed by atoms with Gasteiger partial charge in [-0.05, 0) is 25.7 Å². The van der Waals surface area contributed by atoms with E-state index >= 15 is 0 Å². The first kappa shape index (κ1) is 8.11. The van der Waals surface area contributed by atoms with Crippen molar-refractivity contribution < 1.29 is 0 Å². The lowest BCUT2D eigenvalue weighted by Crippen LogP contribution is -2.43. The van der Waals surface area contributed by atoms with Gasteiger partial charge < -0.3 is 11.1 Å². The molecule has 2 rings (SSSR count). The molecule has 1 atom stereocenters. The summed E-state index contributed by atoms with van der Waals surface area (Å²) in [7, 11) is 0. The lowest BCUT2D eigenvalue weighted by atomic mass is 9.90. The first-order valence-corrected chi connectivity index (χ1v) is 5.05. The fraction of sp³-hybridized carbons (Fsp3) is 0.800. The smallest absolute Gasteiger partial charge is 0.0127 e. The first-order valence-electron chi connectivity index (χ1n) is 5.05. The number of hydrogen-bond donors (Lipinski definition) is 2. The Labute approximate surface area is 74.2 Å². The second-order valence-electron chi connectivity index (χ2n) is 4.05. The summed E-state index contributed by atoms with van der Waals surface area (Å²) in [4.78, 5) is 0. The van der Waals surface area contributed by atoms with Crippen LogP contribution < -0.4 is 11.1 Å². The topological polar surface area (TPSA) is 38.0 Å². The molecule has 0 aromatic rings. The molecule has 0 radical (unpaired) electrons. The molecule has 2 aliphatic carbocycles. The van der Waals surface area contributed by atoms with Gasteiger partial charge in [0.1, 0.15) is 0 Å². The molecule has 2 heteroatoms. The summed E-state index contributed by atoms with van der Waals surface area (Å²) in [6, 6.07) is 1.47. The molecule has 3 N–H and O–H groups in total. The third-order valence-electron chi connectivity index (χ3n) is 2.98. The third kappa shape index (κ3) is 1.81. The molecule has 1 unspecified atom stereocenters. The van der Waals surface area contributed by atoms with E-state index in [1.165, 1.54) is 25.7 Å². The molecule has 0 spiro atoms.